The third kappa shape index (κ3) is 2.72. The number of pyridine rings is 1. The smallest absolute Gasteiger partial charge is 0.252 e. The monoisotopic (exact) mass is 298 g/mol. The molecule has 116 valence electrons. The van der Waals surface area contributed by atoms with Crippen molar-refractivity contribution in [3.63, 3.8) is 0 Å². The minimum absolute atomic E-state index is 0.0269. The first-order chi connectivity index (χ1) is 10.8. The summed E-state index contributed by atoms with van der Waals surface area (Å²) in [5, 5.41) is 3.06. The van der Waals surface area contributed by atoms with E-state index < -0.39 is 0 Å². The van der Waals surface area contributed by atoms with Crippen LogP contribution < -0.4 is 5.32 Å². The number of hydrogen-bond donors (Lipinski definition) is 1. The van der Waals surface area contributed by atoms with E-state index in [1.165, 1.54) is 44.9 Å². The lowest BCUT2D eigenvalue weighted by Crippen LogP contribution is -2.30. The molecule has 2 fully saturated rings. The summed E-state index contributed by atoms with van der Waals surface area (Å²) in [6.07, 6.45) is 12.4. The minimum atomic E-state index is -0.0269. The average molecular weight is 298 g/mol. The Labute approximate surface area is 130 Å². The number of imidazole rings is 1. The summed E-state index contributed by atoms with van der Waals surface area (Å²) in [6, 6.07) is 2.42. The molecule has 2 aromatic rings. The number of aromatic nitrogens is 3. The van der Waals surface area contributed by atoms with Crippen LogP contribution >= 0.6 is 0 Å². The van der Waals surface area contributed by atoms with Crippen molar-refractivity contribution in [1.29, 1.82) is 0 Å². The predicted octanol–water partition coefficient (Wildman–Crippen LogP) is 3.08. The first-order valence-electron chi connectivity index (χ1n) is 8.42. The topological polar surface area (TPSA) is 59.8 Å². The summed E-state index contributed by atoms with van der Waals surface area (Å²) in [5.41, 5.74) is 2.33. The van der Waals surface area contributed by atoms with Crippen LogP contribution in [0.4, 0.5) is 0 Å². The summed E-state index contributed by atoms with van der Waals surface area (Å²) in [5.74, 6) is 0.615. The van der Waals surface area contributed by atoms with Crippen molar-refractivity contribution in [3.8, 4) is 0 Å². The Morgan fingerprint density at radius 1 is 1.18 bits per heavy atom. The summed E-state index contributed by atoms with van der Waals surface area (Å²) < 4.78 is 2.12. The molecule has 5 nitrogen and oxygen atoms in total. The summed E-state index contributed by atoms with van der Waals surface area (Å²) in [4.78, 5) is 21.1. The second kappa shape index (κ2) is 5.71. The molecule has 22 heavy (non-hydrogen) atoms. The van der Waals surface area contributed by atoms with Gasteiger partial charge in [0.1, 0.15) is 5.52 Å². The molecule has 0 aromatic carbocycles. The molecular weight excluding hydrogens is 276 g/mol. The van der Waals surface area contributed by atoms with Crippen LogP contribution in [0.1, 0.15) is 61.3 Å². The van der Waals surface area contributed by atoms with E-state index in [1.54, 1.807) is 6.20 Å². The van der Waals surface area contributed by atoms with E-state index >= 15 is 0 Å². The Balaban J connectivity index is 1.44. The molecule has 0 bridgehead atoms. The van der Waals surface area contributed by atoms with Gasteiger partial charge in [-0.1, -0.05) is 19.3 Å². The average Bonchev–Trinajstić information content (AvgIpc) is 3.32. The molecule has 0 spiro atoms. The second-order valence-corrected chi connectivity index (χ2v) is 6.66. The maximum Gasteiger partial charge on any atom is 0.252 e. The SMILES string of the molecule is O=C(NCC1CCCCC1)c1cnc2c(c1)ncn2C1CC1. The summed E-state index contributed by atoms with van der Waals surface area (Å²) in [6.45, 7) is 0.785. The lowest BCUT2D eigenvalue weighted by Gasteiger charge is -2.21. The van der Waals surface area contributed by atoms with Crippen molar-refractivity contribution in [2.45, 2.75) is 51.0 Å². The van der Waals surface area contributed by atoms with Crippen LogP contribution in [0.2, 0.25) is 0 Å². The molecule has 2 aliphatic rings. The van der Waals surface area contributed by atoms with E-state index in [2.05, 4.69) is 19.9 Å². The van der Waals surface area contributed by atoms with Crippen molar-refractivity contribution in [2.75, 3.05) is 6.54 Å². The fraction of sp³-hybridized carbons (Fsp3) is 0.588. The van der Waals surface area contributed by atoms with E-state index in [1.807, 2.05) is 12.4 Å². The van der Waals surface area contributed by atoms with Crippen LogP contribution in [0.3, 0.4) is 0 Å². The normalized spacial score (nSPS) is 19.5. The fourth-order valence-corrected chi connectivity index (χ4v) is 3.39. The van der Waals surface area contributed by atoms with Gasteiger partial charge in [0.25, 0.3) is 5.91 Å². The zero-order chi connectivity index (χ0) is 14.9. The maximum atomic E-state index is 12.3. The third-order valence-corrected chi connectivity index (χ3v) is 4.89. The number of hydrogen-bond acceptors (Lipinski definition) is 3. The molecule has 0 saturated heterocycles. The van der Waals surface area contributed by atoms with Gasteiger partial charge in [-0.3, -0.25) is 4.79 Å². The molecule has 0 unspecified atom stereocenters. The Kier molecular flexibility index (Phi) is 3.56. The van der Waals surface area contributed by atoms with Gasteiger partial charge in [0.2, 0.25) is 0 Å². The highest BCUT2D eigenvalue weighted by Crippen LogP contribution is 2.36. The van der Waals surface area contributed by atoms with Crippen molar-refractivity contribution < 1.29 is 4.79 Å². The van der Waals surface area contributed by atoms with Gasteiger partial charge in [-0.2, -0.15) is 0 Å². The number of nitrogens with one attached hydrogen (secondary N) is 1. The Morgan fingerprint density at radius 3 is 2.77 bits per heavy atom. The number of fused-ring (bicyclic) bond motifs is 1. The third-order valence-electron chi connectivity index (χ3n) is 4.89. The van der Waals surface area contributed by atoms with Crippen LogP contribution in [-0.4, -0.2) is 27.0 Å². The lowest BCUT2D eigenvalue weighted by atomic mass is 9.89. The molecule has 0 aliphatic heterocycles. The Bertz CT molecular complexity index is 683. The van der Waals surface area contributed by atoms with Crippen LogP contribution in [0.5, 0.6) is 0 Å². The Hall–Kier alpha value is -1.91. The van der Waals surface area contributed by atoms with E-state index in [0.29, 0.717) is 17.5 Å². The van der Waals surface area contributed by atoms with Gasteiger partial charge < -0.3 is 9.88 Å². The molecule has 2 aromatic heterocycles. The van der Waals surface area contributed by atoms with Crippen molar-refractivity contribution in [2.24, 2.45) is 5.92 Å². The highest BCUT2D eigenvalue weighted by Gasteiger charge is 2.25. The molecular formula is C17H22N4O. The van der Waals surface area contributed by atoms with Crippen LogP contribution in [0, 0.1) is 5.92 Å². The first kappa shape index (κ1) is 13.7. The van der Waals surface area contributed by atoms with E-state index in [-0.39, 0.29) is 5.91 Å². The van der Waals surface area contributed by atoms with E-state index in [9.17, 15) is 4.79 Å². The quantitative estimate of drug-likeness (QED) is 0.943. The standard InChI is InChI=1S/C17H22N4O/c22-17(19-9-12-4-2-1-3-5-12)13-8-15-16(18-10-13)21(11-20-15)14-6-7-14/h8,10-12,14H,1-7,9H2,(H,19,22). The second-order valence-electron chi connectivity index (χ2n) is 6.66. The first-order valence-corrected chi connectivity index (χ1v) is 8.42. The van der Waals surface area contributed by atoms with Gasteiger partial charge in [-0.05, 0) is 37.7 Å². The highest BCUT2D eigenvalue weighted by molar-refractivity contribution is 5.96. The molecule has 2 aliphatic carbocycles. The molecule has 2 heterocycles. The molecule has 1 amide bonds. The van der Waals surface area contributed by atoms with Crippen LogP contribution in [0.25, 0.3) is 11.2 Å². The van der Waals surface area contributed by atoms with Gasteiger partial charge in [-0.25, -0.2) is 9.97 Å². The molecule has 0 atom stereocenters. The molecule has 0 radical (unpaired) electrons. The van der Waals surface area contributed by atoms with E-state index in [0.717, 1.165) is 17.7 Å². The zero-order valence-corrected chi connectivity index (χ0v) is 12.8. The van der Waals surface area contributed by atoms with Crippen LogP contribution in [0.15, 0.2) is 18.6 Å². The minimum Gasteiger partial charge on any atom is -0.352 e. The zero-order valence-electron chi connectivity index (χ0n) is 12.8. The van der Waals surface area contributed by atoms with Gasteiger partial charge >= 0.3 is 0 Å². The largest absolute Gasteiger partial charge is 0.352 e. The molecule has 5 heteroatoms. The van der Waals surface area contributed by atoms with Gasteiger partial charge in [-0.15, -0.1) is 0 Å². The molecule has 4 rings (SSSR count). The van der Waals surface area contributed by atoms with Crippen molar-refractivity contribution in [3.05, 3.63) is 24.2 Å². The Morgan fingerprint density at radius 2 is 2.00 bits per heavy atom. The number of carbonyl (C=O) groups is 1. The van der Waals surface area contributed by atoms with Crippen molar-refractivity contribution >= 4 is 17.1 Å². The summed E-state index contributed by atoms with van der Waals surface area (Å²) >= 11 is 0. The van der Waals surface area contributed by atoms with Gasteiger partial charge in [0, 0.05) is 18.8 Å². The van der Waals surface area contributed by atoms with Crippen molar-refractivity contribution in [1.82, 2.24) is 19.9 Å². The summed E-state index contributed by atoms with van der Waals surface area (Å²) in [7, 11) is 0. The molecule has 2 saturated carbocycles. The van der Waals surface area contributed by atoms with Crippen LogP contribution in [-0.2, 0) is 0 Å². The number of rotatable bonds is 4. The van der Waals surface area contributed by atoms with Gasteiger partial charge in [0.05, 0.1) is 11.9 Å². The fourth-order valence-electron chi connectivity index (χ4n) is 3.39. The lowest BCUT2D eigenvalue weighted by molar-refractivity contribution is 0.0943. The number of amides is 1. The number of nitrogens with zero attached hydrogens (tertiary/aromatic N) is 3. The maximum absolute atomic E-state index is 12.3. The number of carbonyl (C=O) groups excluding carboxylic acids is 1. The predicted molar refractivity (Wildman–Crippen MR) is 84.7 cm³/mol. The van der Waals surface area contributed by atoms with Gasteiger partial charge in [0.15, 0.2) is 5.65 Å². The molecule has 1 N–H and O–H groups in total. The van der Waals surface area contributed by atoms with E-state index in [4.69, 9.17) is 0 Å². The highest BCUT2D eigenvalue weighted by atomic mass is 16.1.